The molecule has 0 unspecified atom stereocenters. The van der Waals surface area contributed by atoms with Crippen LogP contribution in [0.5, 0.6) is 0 Å². The molecule has 8 heavy (non-hydrogen) atoms. The fourth-order valence-corrected chi connectivity index (χ4v) is 0.552. The quantitative estimate of drug-likeness (QED) is 0.511. The molecule has 0 heterocycles. The van der Waals surface area contributed by atoms with Crippen molar-refractivity contribution in [2.75, 3.05) is 7.05 Å². The molecule has 3 heteroatoms. The van der Waals surface area contributed by atoms with E-state index >= 15 is 0 Å². The van der Waals surface area contributed by atoms with Gasteiger partial charge in [0.1, 0.15) is 5.17 Å². The maximum atomic E-state index is 5.45. The van der Waals surface area contributed by atoms with Crippen LogP contribution in [0.25, 0.3) is 0 Å². The molecule has 0 atom stereocenters. The first kappa shape index (κ1) is 7.99. The van der Waals surface area contributed by atoms with E-state index in [9.17, 15) is 0 Å². The van der Waals surface area contributed by atoms with E-state index in [2.05, 4.69) is 4.99 Å². The molecule has 0 radical (unpaired) electrons. The Balaban J connectivity index is 3.89. The maximum absolute atomic E-state index is 5.45. The minimum atomic E-state index is 0.428. The van der Waals surface area contributed by atoms with Crippen LogP contribution in [0.1, 0.15) is 6.92 Å². The smallest absolute Gasteiger partial charge is 0.124 e. The van der Waals surface area contributed by atoms with Crippen LogP contribution in [-0.2, 0) is 0 Å². The average molecular weight is 152 g/mol. The van der Waals surface area contributed by atoms with Crippen molar-refractivity contribution in [3.63, 3.8) is 0 Å². The molecular formula is C5H7Cl2N. The largest absolute Gasteiger partial charge is 0.276 e. The van der Waals surface area contributed by atoms with Gasteiger partial charge >= 0.3 is 0 Å². The van der Waals surface area contributed by atoms with Crippen molar-refractivity contribution >= 4 is 28.4 Å². The second kappa shape index (κ2) is 3.93. The van der Waals surface area contributed by atoms with Crippen LogP contribution in [0, 0.1) is 0 Å². The highest BCUT2D eigenvalue weighted by molar-refractivity contribution is 6.68. The van der Waals surface area contributed by atoms with Crippen molar-refractivity contribution in [2.45, 2.75) is 6.92 Å². The SMILES string of the molecule is CN=C(Cl)/C=C(\C)Cl. The zero-order chi connectivity index (χ0) is 6.57. The molecule has 0 aromatic carbocycles. The van der Waals surface area contributed by atoms with E-state index < -0.39 is 0 Å². The fourth-order valence-electron chi connectivity index (χ4n) is 0.229. The summed E-state index contributed by atoms with van der Waals surface area (Å²) in [5.74, 6) is 0. The Morgan fingerprint density at radius 1 is 1.50 bits per heavy atom. The first-order chi connectivity index (χ1) is 3.66. The van der Waals surface area contributed by atoms with Gasteiger partial charge in [-0.25, -0.2) is 0 Å². The molecule has 0 bridgehead atoms. The van der Waals surface area contributed by atoms with Crippen LogP contribution in [-0.4, -0.2) is 12.2 Å². The van der Waals surface area contributed by atoms with Gasteiger partial charge < -0.3 is 0 Å². The topological polar surface area (TPSA) is 12.4 Å². The van der Waals surface area contributed by atoms with Crippen molar-refractivity contribution < 1.29 is 0 Å². The van der Waals surface area contributed by atoms with Crippen LogP contribution >= 0.6 is 23.2 Å². The van der Waals surface area contributed by atoms with Crippen molar-refractivity contribution in [2.24, 2.45) is 4.99 Å². The van der Waals surface area contributed by atoms with Crippen molar-refractivity contribution in [1.29, 1.82) is 0 Å². The molecule has 46 valence electrons. The summed E-state index contributed by atoms with van der Waals surface area (Å²) in [6.07, 6.45) is 1.59. The summed E-state index contributed by atoms with van der Waals surface area (Å²) in [5, 5.41) is 1.07. The fraction of sp³-hybridized carbons (Fsp3) is 0.400. The van der Waals surface area contributed by atoms with Gasteiger partial charge in [0.15, 0.2) is 0 Å². The van der Waals surface area contributed by atoms with Gasteiger partial charge in [0, 0.05) is 12.1 Å². The summed E-state index contributed by atoms with van der Waals surface area (Å²) in [5.41, 5.74) is 0. The molecule has 0 aliphatic heterocycles. The summed E-state index contributed by atoms with van der Waals surface area (Å²) in [6, 6.07) is 0. The maximum Gasteiger partial charge on any atom is 0.124 e. The van der Waals surface area contributed by atoms with E-state index in [1.165, 1.54) is 0 Å². The molecule has 0 aromatic heterocycles. The highest BCUT2D eigenvalue weighted by atomic mass is 35.5. The average Bonchev–Trinajstić information content (AvgIpc) is 1.65. The summed E-state index contributed by atoms with van der Waals surface area (Å²) < 4.78 is 0. The van der Waals surface area contributed by atoms with Crippen molar-refractivity contribution in [1.82, 2.24) is 0 Å². The molecule has 0 spiro atoms. The van der Waals surface area contributed by atoms with Gasteiger partial charge in [-0.2, -0.15) is 0 Å². The Bertz CT molecular complexity index is 122. The van der Waals surface area contributed by atoms with Crippen LogP contribution in [0.15, 0.2) is 16.1 Å². The summed E-state index contributed by atoms with van der Waals surface area (Å²) in [6.45, 7) is 1.75. The van der Waals surface area contributed by atoms with Gasteiger partial charge in [0.05, 0.1) is 0 Å². The number of aliphatic imine (C=N–C) groups is 1. The minimum absolute atomic E-state index is 0.428. The monoisotopic (exact) mass is 151 g/mol. The first-order valence-corrected chi connectivity index (χ1v) is 2.88. The predicted octanol–water partition coefficient (Wildman–Crippen LogP) is 2.40. The zero-order valence-corrected chi connectivity index (χ0v) is 6.29. The third-order valence-corrected chi connectivity index (χ3v) is 0.919. The molecule has 0 aliphatic rings. The first-order valence-electron chi connectivity index (χ1n) is 2.13. The highest BCUT2D eigenvalue weighted by Crippen LogP contribution is 1.99. The number of halogens is 2. The normalized spacial score (nSPS) is 14.5. The number of nitrogens with zero attached hydrogens (tertiary/aromatic N) is 1. The standard InChI is InChI=1S/C5H7Cl2N/c1-4(6)3-5(7)8-2/h3H,1-2H3/b4-3+,8-5?. The van der Waals surface area contributed by atoms with E-state index in [4.69, 9.17) is 23.2 Å². The Morgan fingerprint density at radius 2 is 2.00 bits per heavy atom. The molecule has 0 amide bonds. The molecule has 0 aromatic rings. The number of allylic oxidation sites excluding steroid dienone is 2. The lowest BCUT2D eigenvalue weighted by Gasteiger charge is -1.83. The second-order valence-corrected chi connectivity index (χ2v) is 2.26. The van der Waals surface area contributed by atoms with Gasteiger partial charge in [-0.05, 0) is 13.0 Å². The van der Waals surface area contributed by atoms with Gasteiger partial charge in [-0.1, -0.05) is 23.2 Å². The van der Waals surface area contributed by atoms with Crippen LogP contribution in [0.2, 0.25) is 0 Å². The minimum Gasteiger partial charge on any atom is -0.276 e. The summed E-state index contributed by atoms with van der Waals surface area (Å²) in [4.78, 5) is 3.65. The summed E-state index contributed by atoms with van der Waals surface area (Å²) in [7, 11) is 1.61. The van der Waals surface area contributed by atoms with E-state index in [1.807, 2.05) is 0 Å². The van der Waals surface area contributed by atoms with E-state index in [1.54, 1.807) is 20.0 Å². The van der Waals surface area contributed by atoms with Gasteiger partial charge in [0.2, 0.25) is 0 Å². The van der Waals surface area contributed by atoms with Crippen LogP contribution in [0.4, 0.5) is 0 Å². The molecule has 1 nitrogen and oxygen atoms in total. The Kier molecular flexibility index (Phi) is 3.92. The number of hydrogen-bond donors (Lipinski definition) is 0. The Labute approximate surface area is 59.0 Å². The Morgan fingerprint density at radius 3 is 2.12 bits per heavy atom. The van der Waals surface area contributed by atoms with Gasteiger partial charge in [-0.15, -0.1) is 0 Å². The van der Waals surface area contributed by atoms with E-state index in [0.29, 0.717) is 10.2 Å². The second-order valence-electron chi connectivity index (χ2n) is 1.28. The molecule has 0 fully saturated rings. The number of rotatable bonds is 1. The third kappa shape index (κ3) is 4.16. The molecule has 0 rings (SSSR count). The molecule has 0 saturated carbocycles. The summed E-state index contributed by atoms with van der Waals surface area (Å²) >= 11 is 10.9. The lowest BCUT2D eigenvalue weighted by atomic mass is 10.5. The van der Waals surface area contributed by atoms with E-state index in [0.717, 1.165) is 0 Å². The lowest BCUT2D eigenvalue weighted by Crippen LogP contribution is -1.77. The lowest BCUT2D eigenvalue weighted by molar-refractivity contribution is 1.46. The van der Waals surface area contributed by atoms with Crippen molar-refractivity contribution in [3.05, 3.63) is 11.1 Å². The molecular weight excluding hydrogens is 145 g/mol. The van der Waals surface area contributed by atoms with Crippen LogP contribution < -0.4 is 0 Å². The van der Waals surface area contributed by atoms with Crippen LogP contribution in [0.3, 0.4) is 0 Å². The molecule has 0 saturated heterocycles. The zero-order valence-electron chi connectivity index (χ0n) is 4.78. The van der Waals surface area contributed by atoms with Gasteiger partial charge in [-0.3, -0.25) is 4.99 Å². The Hall–Kier alpha value is -0.0100. The molecule has 0 N–H and O–H groups in total. The molecule has 0 aliphatic carbocycles. The van der Waals surface area contributed by atoms with E-state index in [-0.39, 0.29) is 0 Å². The third-order valence-electron chi connectivity index (χ3n) is 0.532. The van der Waals surface area contributed by atoms with Crippen molar-refractivity contribution in [3.8, 4) is 0 Å². The van der Waals surface area contributed by atoms with Gasteiger partial charge in [0.25, 0.3) is 0 Å². The predicted molar refractivity (Wildman–Crippen MR) is 38.8 cm³/mol. The highest BCUT2D eigenvalue weighted by Gasteiger charge is 1.83. The number of hydrogen-bond acceptors (Lipinski definition) is 1.